The van der Waals surface area contributed by atoms with Crippen molar-refractivity contribution >= 4 is 67.8 Å². The lowest BCUT2D eigenvalue weighted by Crippen LogP contribution is -2.40. The van der Waals surface area contributed by atoms with Crippen LogP contribution in [0.2, 0.25) is 0 Å². The van der Waals surface area contributed by atoms with E-state index in [1.165, 1.54) is 101 Å². The molecule has 0 aliphatic carbocycles. The number of hydrogen-bond acceptors (Lipinski definition) is 19. The summed E-state index contributed by atoms with van der Waals surface area (Å²) in [5.74, 6) is 0.250. The second kappa shape index (κ2) is 29.8. The van der Waals surface area contributed by atoms with Crippen LogP contribution in [-0.4, -0.2) is 170 Å². The number of amides is 3. The maximum Gasteiger partial charge on any atom is 0.295 e. The molecule has 18 rings (SSSR count). The molecule has 0 atom stereocenters. The summed E-state index contributed by atoms with van der Waals surface area (Å²) in [4.78, 5) is 121. The molecule has 3 amide bonds. The van der Waals surface area contributed by atoms with Gasteiger partial charge in [0.05, 0.1) is 107 Å². The van der Waals surface area contributed by atoms with Crippen molar-refractivity contribution in [2.24, 2.45) is 0 Å². The Morgan fingerprint density at radius 3 is 1.14 bits per heavy atom. The van der Waals surface area contributed by atoms with E-state index in [1.807, 2.05) is 97.1 Å². The van der Waals surface area contributed by atoms with Gasteiger partial charge in [-0.15, -0.1) is 5.10 Å². The number of aromatic amines is 3. The van der Waals surface area contributed by atoms with Crippen molar-refractivity contribution in [3.63, 3.8) is 0 Å². The number of Topliss-reactive ketones (excluding diaryl/α,β-unsaturated/α-hetero) is 3. The molecule has 0 saturated carbocycles. The van der Waals surface area contributed by atoms with Crippen molar-refractivity contribution in [1.82, 2.24) is 94.1 Å². The number of nitrogens with one attached hydrogen (secondary N) is 3. The van der Waals surface area contributed by atoms with Crippen LogP contribution in [0.15, 0.2) is 202 Å². The highest BCUT2D eigenvalue weighted by Gasteiger charge is 2.35. The van der Waals surface area contributed by atoms with Crippen LogP contribution >= 0.6 is 0 Å². The molecule has 546 valence electrons. The number of H-pyrrole nitrogens is 3. The van der Waals surface area contributed by atoms with Gasteiger partial charge in [0.15, 0.2) is 17.5 Å². The van der Waals surface area contributed by atoms with Crippen LogP contribution in [0.3, 0.4) is 0 Å². The topological polar surface area (TPSA) is 331 Å². The van der Waals surface area contributed by atoms with Gasteiger partial charge >= 0.3 is 0 Å². The number of pyridine rings is 4. The molecule has 13 heterocycles. The standard InChI is InChI=1S/2C28H24N6O3.C26H21N7O3/c2*1-17-31-16-34(32-17)27-25-24(23(37-2)14-30-27)22(13-29-25)26(35)28(36)33-12-11-21-19(15-33)9-6-10-20(21)18-7-4-3-5-8-18;1-36-21-14-29-25(33-12-10-30-31-33)23-22(21)19(13-28-23)24(34)26(35)32-11-8-17-16(15-32)5-4-6-18(17)20-7-2-3-9-27-20/h2*3-10,13-14,16,29H,11-12,15H2,1-2H3;2-7,9-10,12-14,28H,8,11,15H2,1H3. The van der Waals surface area contributed by atoms with Gasteiger partial charge in [-0.1, -0.05) is 127 Å². The molecule has 15 aromatic rings. The predicted molar refractivity (Wildman–Crippen MR) is 406 cm³/mol. The molecule has 110 heavy (non-hydrogen) atoms. The number of fused-ring (bicyclic) bond motifs is 6. The van der Waals surface area contributed by atoms with Gasteiger partial charge in [-0.3, -0.25) is 33.8 Å². The average molecular weight is 1460 g/mol. The molecular formula is C82H69N19O9. The third kappa shape index (κ3) is 13.1. The fourth-order valence-corrected chi connectivity index (χ4v) is 14.7. The van der Waals surface area contributed by atoms with Crippen LogP contribution in [0.4, 0.5) is 0 Å². The number of ether oxygens (including phenoxy) is 3. The van der Waals surface area contributed by atoms with Crippen molar-refractivity contribution in [2.45, 2.75) is 52.7 Å². The highest BCUT2D eigenvalue weighted by atomic mass is 16.5. The number of methoxy groups -OCH3 is 3. The first-order valence-corrected chi connectivity index (χ1v) is 35.4. The van der Waals surface area contributed by atoms with Crippen molar-refractivity contribution in [1.29, 1.82) is 0 Å². The molecule has 28 heteroatoms. The first kappa shape index (κ1) is 69.9. The van der Waals surface area contributed by atoms with Crippen molar-refractivity contribution in [3.05, 3.63) is 264 Å². The maximum atomic E-state index is 13.5. The van der Waals surface area contributed by atoms with Gasteiger partial charge in [-0.2, -0.15) is 10.2 Å². The van der Waals surface area contributed by atoms with Crippen LogP contribution < -0.4 is 14.2 Å². The molecule has 3 N–H and O–H groups in total. The van der Waals surface area contributed by atoms with Gasteiger partial charge in [0.2, 0.25) is 0 Å². The van der Waals surface area contributed by atoms with E-state index < -0.39 is 35.1 Å². The smallest absolute Gasteiger partial charge is 0.295 e. The fourth-order valence-electron chi connectivity index (χ4n) is 14.7. The molecular weight excluding hydrogens is 1400 g/mol. The summed E-state index contributed by atoms with van der Waals surface area (Å²) >= 11 is 0. The number of benzene rings is 5. The Kier molecular flexibility index (Phi) is 19.0. The molecule has 0 saturated heterocycles. The minimum absolute atomic E-state index is 0.226. The predicted octanol–water partition coefficient (Wildman–Crippen LogP) is 10.8. The molecule has 0 spiro atoms. The van der Waals surface area contributed by atoms with Crippen LogP contribution in [0, 0.1) is 13.8 Å². The molecule has 0 fully saturated rings. The van der Waals surface area contributed by atoms with Gasteiger partial charge in [0.25, 0.3) is 35.1 Å². The number of rotatable bonds is 15. The molecule has 0 bridgehead atoms. The molecule has 10 aromatic heterocycles. The Bertz CT molecular complexity index is 5820. The molecule has 3 aliphatic heterocycles. The number of ketones is 3. The van der Waals surface area contributed by atoms with E-state index in [-0.39, 0.29) is 16.7 Å². The lowest BCUT2D eigenvalue weighted by molar-refractivity contribution is -0.127. The summed E-state index contributed by atoms with van der Waals surface area (Å²) in [6, 6.07) is 44.5. The minimum Gasteiger partial charge on any atom is -0.494 e. The summed E-state index contributed by atoms with van der Waals surface area (Å²) in [5, 5.41) is 17.9. The normalized spacial score (nSPS) is 13.0. The van der Waals surface area contributed by atoms with Gasteiger partial charge in [0.1, 0.15) is 41.6 Å². The van der Waals surface area contributed by atoms with Gasteiger partial charge in [0, 0.05) is 69.6 Å². The quantitative estimate of drug-likeness (QED) is 0.0634. The van der Waals surface area contributed by atoms with E-state index in [4.69, 9.17) is 14.2 Å². The highest BCUT2D eigenvalue weighted by Crippen LogP contribution is 2.39. The number of carbonyl (C=O) groups is 6. The Hall–Kier alpha value is -14.4. The zero-order chi connectivity index (χ0) is 75.7. The van der Waals surface area contributed by atoms with E-state index in [9.17, 15) is 28.8 Å². The Labute approximate surface area is 627 Å². The van der Waals surface area contributed by atoms with E-state index in [2.05, 4.69) is 102 Å². The van der Waals surface area contributed by atoms with Gasteiger partial charge < -0.3 is 43.9 Å². The number of nitrogens with zero attached hydrogens (tertiary/aromatic N) is 16. The molecule has 5 aromatic carbocycles. The van der Waals surface area contributed by atoms with Gasteiger partial charge in [-0.25, -0.2) is 39.0 Å². The summed E-state index contributed by atoms with van der Waals surface area (Å²) in [7, 11) is 4.50. The number of carbonyl (C=O) groups excluding carboxylic acids is 6. The first-order chi connectivity index (χ1) is 53.7. The Balaban J connectivity index is 0.000000125. The zero-order valence-corrected chi connectivity index (χ0v) is 60.2. The van der Waals surface area contributed by atoms with Crippen molar-refractivity contribution < 1.29 is 43.0 Å². The van der Waals surface area contributed by atoms with Crippen molar-refractivity contribution in [3.8, 4) is 68.2 Å². The zero-order valence-electron chi connectivity index (χ0n) is 60.2. The third-order valence-corrected chi connectivity index (χ3v) is 20.0. The van der Waals surface area contributed by atoms with Gasteiger partial charge in [-0.05, 0) is 101 Å². The summed E-state index contributed by atoms with van der Waals surface area (Å²) in [6.45, 7) is 6.03. The molecule has 0 radical (unpaired) electrons. The van der Waals surface area contributed by atoms with E-state index in [1.54, 1.807) is 53.6 Å². The van der Waals surface area contributed by atoms with E-state index in [0.29, 0.717) is 138 Å². The van der Waals surface area contributed by atoms with Crippen LogP contribution in [0.5, 0.6) is 17.2 Å². The average Bonchev–Trinajstić information content (AvgIpc) is 1.58. The fraction of sp³-hybridized carbons (Fsp3) is 0.171. The monoisotopic (exact) mass is 1460 g/mol. The Morgan fingerprint density at radius 1 is 0.400 bits per heavy atom. The molecule has 28 nitrogen and oxygen atoms in total. The second-order valence-electron chi connectivity index (χ2n) is 26.3. The largest absolute Gasteiger partial charge is 0.494 e. The summed E-state index contributed by atoms with van der Waals surface area (Å²) in [6.07, 6.45) is 19.2. The first-order valence-electron chi connectivity index (χ1n) is 35.4. The van der Waals surface area contributed by atoms with E-state index >= 15 is 0 Å². The number of aryl methyl sites for hydroxylation is 2. The third-order valence-electron chi connectivity index (χ3n) is 20.0. The lowest BCUT2D eigenvalue weighted by atomic mass is 9.90. The highest BCUT2D eigenvalue weighted by molar-refractivity contribution is 6.46. The van der Waals surface area contributed by atoms with Crippen LogP contribution in [0.25, 0.3) is 83.7 Å². The molecule has 3 aliphatic rings. The summed E-state index contributed by atoms with van der Waals surface area (Å²) < 4.78 is 21.0. The second-order valence-corrected chi connectivity index (χ2v) is 26.3. The Morgan fingerprint density at radius 2 is 0.782 bits per heavy atom. The number of hydrogen-bond donors (Lipinski definition) is 3. The van der Waals surface area contributed by atoms with Crippen LogP contribution in [0.1, 0.15) is 76.1 Å². The molecule has 0 unspecified atom stereocenters. The lowest BCUT2D eigenvalue weighted by Gasteiger charge is -2.30. The summed E-state index contributed by atoms with van der Waals surface area (Å²) in [5.41, 5.74) is 15.6. The minimum atomic E-state index is -0.611. The number of aromatic nitrogens is 16. The van der Waals surface area contributed by atoms with E-state index in [0.717, 1.165) is 44.6 Å². The maximum absolute atomic E-state index is 13.5. The SMILES string of the molecule is COc1cnc(-n2ccnn2)c2[nH]cc(C(=O)C(=O)N3CCc4c(cccc4-c4ccccn4)C3)c12.COc1cnc(-n2cnc(C)n2)c2[nH]cc(C(=O)C(=O)N3CCc4c(cccc4-c4ccccc4)C3)c12.COc1cnc(-n2cnc(C)n2)c2[nH]cc(C(=O)C(=O)N3CCc4c(cccc4-c4ccccc4)C3)c12. The van der Waals surface area contributed by atoms with Crippen molar-refractivity contribution in [2.75, 3.05) is 41.0 Å². The van der Waals surface area contributed by atoms with Crippen LogP contribution in [-0.2, 0) is 53.3 Å².